The van der Waals surface area contributed by atoms with E-state index in [2.05, 4.69) is 106 Å². The molecular formula is C40H68. The highest BCUT2D eigenvalue weighted by Crippen LogP contribution is 2.42. The van der Waals surface area contributed by atoms with Crippen LogP contribution in [0.4, 0.5) is 0 Å². The lowest BCUT2D eigenvalue weighted by Crippen LogP contribution is -2.19. The summed E-state index contributed by atoms with van der Waals surface area (Å²) in [5, 5.41) is 0. The molecule has 4 unspecified atom stereocenters. The van der Waals surface area contributed by atoms with Crippen LogP contribution in [0.2, 0.25) is 0 Å². The molecule has 0 spiro atoms. The predicted octanol–water partition coefficient (Wildman–Crippen LogP) is 13.4. The van der Waals surface area contributed by atoms with Crippen molar-refractivity contribution in [3.8, 4) is 0 Å². The second-order valence-corrected chi connectivity index (χ2v) is 15.5. The summed E-state index contributed by atoms with van der Waals surface area (Å²) in [6.45, 7) is 24.0. The van der Waals surface area contributed by atoms with Gasteiger partial charge < -0.3 is 0 Å². The molecule has 0 saturated carbocycles. The minimum Gasteiger partial charge on any atom is -0.0877 e. The lowest BCUT2D eigenvalue weighted by atomic mass is 9.72. The quantitative estimate of drug-likeness (QED) is 0.133. The van der Waals surface area contributed by atoms with Crippen LogP contribution < -0.4 is 0 Å². The molecule has 2 rings (SSSR count). The largest absolute Gasteiger partial charge is 0.0877 e. The Labute approximate surface area is 252 Å². The zero-order valence-corrected chi connectivity index (χ0v) is 28.7. The van der Waals surface area contributed by atoms with Crippen LogP contribution in [0.3, 0.4) is 0 Å². The molecule has 0 heterocycles. The average Bonchev–Trinajstić information content (AvgIpc) is 2.85. The van der Waals surface area contributed by atoms with Gasteiger partial charge in [-0.05, 0) is 111 Å². The molecular weight excluding hydrogens is 480 g/mol. The fourth-order valence-corrected chi connectivity index (χ4v) is 7.25. The number of unbranched alkanes of at least 4 members (excludes halogenated alkanes) is 1. The molecule has 0 aromatic carbocycles. The fraction of sp³-hybridized carbons (Fsp3) is 0.750. The highest BCUT2D eigenvalue weighted by atomic mass is 14.3. The molecule has 0 bridgehead atoms. The van der Waals surface area contributed by atoms with Gasteiger partial charge in [-0.15, -0.1) is 0 Å². The Balaban J connectivity index is 1.58. The van der Waals surface area contributed by atoms with E-state index in [0.717, 1.165) is 11.8 Å². The van der Waals surface area contributed by atoms with Crippen molar-refractivity contribution in [2.75, 3.05) is 0 Å². The minimum atomic E-state index is 0.341. The van der Waals surface area contributed by atoms with E-state index < -0.39 is 0 Å². The zero-order valence-electron chi connectivity index (χ0n) is 28.7. The molecule has 0 aromatic heterocycles. The maximum absolute atomic E-state index is 2.50. The first-order valence-electron chi connectivity index (χ1n) is 17.3. The van der Waals surface area contributed by atoms with Crippen molar-refractivity contribution in [1.82, 2.24) is 0 Å². The third-order valence-corrected chi connectivity index (χ3v) is 10.2. The van der Waals surface area contributed by atoms with Crippen molar-refractivity contribution in [3.63, 3.8) is 0 Å². The van der Waals surface area contributed by atoms with Gasteiger partial charge in [0.2, 0.25) is 0 Å². The molecule has 2 aliphatic carbocycles. The van der Waals surface area contributed by atoms with Crippen LogP contribution in [0.15, 0.2) is 58.7 Å². The van der Waals surface area contributed by atoms with E-state index in [-0.39, 0.29) is 0 Å². The van der Waals surface area contributed by atoms with Gasteiger partial charge in [0.1, 0.15) is 0 Å². The van der Waals surface area contributed by atoms with Gasteiger partial charge in [0.15, 0.2) is 0 Å². The summed E-state index contributed by atoms with van der Waals surface area (Å²) in [6.07, 6.45) is 33.5. The fourth-order valence-electron chi connectivity index (χ4n) is 7.25. The second kappa shape index (κ2) is 17.0. The first-order chi connectivity index (χ1) is 18.8. The van der Waals surface area contributed by atoms with Crippen LogP contribution in [0.5, 0.6) is 0 Å². The van der Waals surface area contributed by atoms with E-state index in [1.54, 1.807) is 22.3 Å². The molecule has 0 amide bonds. The highest BCUT2D eigenvalue weighted by molar-refractivity contribution is 5.34. The summed E-state index contributed by atoms with van der Waals surface area (Å²) in [6, 6.07) is 0. The normalized spacial score (nSPS) is 22.9. The lowest BCUT2D eigenvalue weighted by Gasteiger charge is -2.33. The van der Waals surface area contributed by atoms with Crippen molar-refractivity contribution in [1.29, 1.82) is 0 Å². The Kier molecular flexibility index (Phi) is 14.8. The van der Waals surface area contributed by atoms with E-state index in [9.17, 15) is 0 Å². The third-order valence-electron chi connectivity index (χ3n) is 10.2. The maximum atomic E-state index is 2.50. The summed E-state index contributed by atoms with van der Waals surface area (Å²) in [4.78, 5) is 0. The topological polar surface area (TPSA) is 0 Å². The van der Waals surface area contributed by atoms with Gasteiger partial charge >= 0.3 is 0 Å². The summed E-state index contributed by atoms with van der Waals surface area (Å²) < 4.78 is 0. The molecule has 0 N–H and O–H groups in total. The zero-order chi connectivity index (χ0) is 29.8. The molecule has 0 saturated heterocycles. The minimum absolute atomic E-state index is 0.341. The molecule has 228 valence electrons. The number of allylic oxidation sites excluding steroid dienone is 10. The van der Waals surface area contributed by atoms with E-state index in [4.69, 9.17) is 0 Å². The van der Waals surface area contributed by atoms with Crippen LogP contribution >= 0.6 is 0 Å². The molecule has 40 heavy (non-hydrogen) atoms. The van der Waals surface area contributed by atoms with Gasteiger partial charge in [-0.2, -0.15) is 0 Å². The summed E-state index contributed by atoms with van der Waals surface area (Å²) in [7, 11) is 0. The second-order valence-electron chi connectivity index (χ2n) is 15.5. The van der Waals surface area contributed by atoms with E-state index >= 15 is 0 Å². The van der Waals surface area contributed by atoms with Crippen molar-refractivity contribution in [2.45, 2.75) is 159 Å². The van der Waals surface area contributed by atoms with Gasteiger partial charge in [0, 0.05) is 0 Å². The molecule has 0 nitrogen and oxygen atoms in total. The molecule has 0 fully saturated rings. The van der Waals surface area contributed by atoms with E-state index in [1.807, 2.05) is 0 Å². The van der Waals surface area contributed by atoms with E-state index in [1.165, 1.54) is 89.9 Å². The monoisotopic (exact) mass is 549 g/mol. The average molecular weight is 549 g/mol. The van der Waals surface area contributed by atoms with Crippen molar-refractivity contribution in [3.05, 3.63) is 58.7 Å². The molecule has 4 atom stereocenters. The lowest BCUT2D eigenvalue weighted by molar-refractivity contribution is 0.376. The van der Waals surface area contributed by atoms with Crippen LogP contribution in [0, 0.1) is 34.5 Å². The van der Waals surface area contributed by atoms with E-state index in [0.29, 0.717) is 22.7 Å². The smallest absolute Gasteiger partial charge is 0.00787 e. The van der Waals surface area contributed by atoms with Crippen molar-refractivity contribution < 1.29 is 0 Å². The van der Waals surface area contributed by atoms with Crippen molar-refractivity contribution >= 4 is 0 Å². The standard InChI is InChI=1S/C40H68/c1-31(19-13-21-33(3)25-27-37-35(5)23-15-29-39(37,7)8)17-11-12-18-32(2)20-14-22-34(4)26-28-38-36(6)24-16-30-40(38,9)10/h13,21,25-28,31-34H,11-12,14-20,22-24,29-30H2,1-10H3/b21-13+,27-25+,28-26+. The number of hydrogen-bond acceptors (Lipinski definition) is 0. The summed E-state index contributed by atoms with van der Waals surface area (Å²) in [5.41, 5.74) is 7.11. The van der Waals surface area contributed by atoms with Gasteiger partial charge in [-0.3, -0.25) is 0 Å². The molecule has 0 aliphatic heterocycles. The van der Waals surface area contributed by atoms with Gasteiger partial charge in [-0.1, -0.05) is 142 Å². The van der Waals surface area contributed by atoms with Gasteiger partial charge in [0.25, 0.3) is 0 Å². The van der Waals surface area contributed by atoms with Gasteiger partial charge in [0.05, 0.1) is 0 Å². The Bertz CT molecular complexity index is 898. The Morgan fingerprint density at radius 3 is 1.68 bits per heavy atom. The van der Waals surface area contributed by atoms with Gasteiger partial charge in [-0.25, -0.2) is 0 Å². The SMILES string of the molecule is CC1=C(/C=C/C(C)/C=C/CC(C)CCCCC(C)CCCC(C)/C=C/C2=C(C)CCCC2(C)C)C(C)(C)CCC1. The molecule has 0 aromatic rings. The Hall–Kier alpha value is -1.30. The van der Waals surface area contributed by atoms with Crippen molar-refractivity contribution in [2.24, 2.45) is 34.5 Å². The number of hydrogen-bond donors (Lipinski definition) is 0. The first-order valence-corrected chi connectivity index (χ1v) is 17.3. The molecule has 2 aliphatic rings. The molecule has 0 heteroatoms. The van der Waals surface area contributed by atoms with Crippen LogP contribution in [0.1, 0.15) is 159 Å². The van der Waals surface area contributed by atoms with Crippen LogP contribution in [0.25, 0.3) is 0 Å². The van der Waals surface area contributed by atoms with Crippen LogP contribution in [-0.2, 0) is 0 Å². The third kappa shape index (κ3) is 12.3. The summed E-state index contributed by atoms with van der Waals surface area (Å²) >= 11 is 0. The number of rotatable bonds is 16. The first kappa shape index (κ1) is 34.9. The Morgan fingerprint density at radius 1 is 0.625 bits per heavy atom. The maximum Gasteiger partial charge on any atom is -0.00787 e. The Morgan fingerprint density at radius 2 is 1.12 bits per heavy atom. The van der Waals surface area contributed by atoms with Crippen LogP contribution in [-0.4, -0.2) is 0 Å². The summed E-state index contributed by atoms with van der Waals surface area (Å²) in [5.74, 6) is 2.88. The highest BCUT2D eigenvalue weighted by Gasteiger charge is 2.27. The molecule has 0 radical (unpaired) electrons. The predicted molar refractivity (Wildman–Crippen MR) is 182 cm³/mol.